The third-order valence-corrected chi connectivity index (χ3v) is 3.35. The van der Waals surface area contributed by atoms with Crippen molar-refractivity contribution in [3.63, 3.8) is 0 Å². The fourth-order valence-corrected chi connectivity index (χ4v) is 2.37. The van der Waals surface area contributed by atoms with E-state index in [2.05, 4.69) is 11.8 Å². The Hall–Kier alpha value is -1.64. The number of methoxy groups -OCH3 is 1. The molecule has 0 radical (unpaired) electrons. The molecule has 0 fully saturated rings. The highest BCUT2D eigenvalue weighted by Gasteiger charge is 2.07. The van der Waals surface area contributed by atoms with Gasteiger partial charge in [-0.2, -0.15) is 0 Å². The lowest BCUT2D eigenvalue weighted by Gasteiger charge is -2.08. The minimum atomic E-state index is -0.199. The molecular weight excluding hydrogens is 274 g/mol. The van der Waals surface area contributed by atoms with Crippen LogP contribution in [0.25, 0.3) is 0 Å². The largest absolute Gasteiger partial charge is 0.496 e. The van der Waals surface area contributed by atoms with Crippen molar-refractivity contribution < 1.29 is 14.3 Å². The fourth-order valence-electron chi connectivity index (χ4n) is 1.57. The number of hydrogen-bond acceptors (Lipinski definition) is 5. The summed E-state index contributed by atoms with van der Waals surface area (Å²) in [5.41, 5.74) is 7.26. The number of thioether (sulfide) groups is 1. The first-order valence-corrected chi connectivity index (χ1v) is 7.46. The van der Waals surface area contributed by atoms with E-state index < -0.39 is 0 Å². The van der Waals surface area contributed by atoms with Crippen molar-refractivity contribution in [2.75, 3.05) is 26.0 Å². The van der Waals surface area contributed by atoms with Crippen molar-refractivity contribution in [1.29, 1.82) is 0 Å². The molecule has 5 heteroatoms. The lowest BCUT2D eigenvalue weighted by Crippen LogP contribution is -2.06. The number of nitrogens with two attached hydrogens (primary N) is 1. The Bertz CT molecular complexity index is 506. The standard InChI is InChI=1S/C15H19NO3S/c1-3-19-15(17)11-20-10-13-9-12(5-4-8-16)6-7-14(13)18-2/h6-7,9H,3,8,10-11,16H2,1-2H3. The Morgan fingerprint density at radius 2 is 2.25 bits per heavy atom. The van der Waals surface area contributed by atoms with Crippen LogP contribution in [0.15, 0.2) is 18.2 Å². The quantitative estimate of drug-likeness (QED) is 0.640. The minimum absolute atomic E-state index is 0.199. The number of carbonyl (C=O) groups excluding carboxylic acids is 1. The molecule has 0 heterocycles. The zero-order valence-electron chi connectivity index (χ0n) is 11.8. The molecule has 4 nitrogen and oxygen atoms in total. The maximum atomic E-state index is 11.3. The Balaban J connectivity index is 2.68. The van der Waals surface area contributed by atoms with Crippen molar-refractivity contribution in [2.45, 2.75) is 12.7 Å². The molecule has 0 aromatic heterocycles. The third kappa shape index (κ3) is 5.55. The highest BCUT2D eigenvalue weighted by atomic mass is 32.2. The Kier molecular flexibility index (Phi) is 7.63. The molecule has 1 aromatic rings. The number of ether oxygens (including phenoxy) is 2. The summed E-state index contributed by atoms with van der Waals surface area (Å²) >= 11 is 1.49. The Labute approximate surface area is 124 Å². The minimum Gasteiger partial charge on any atom is -0.496 e. The summed E-state index contributed by atoms with van der Waals surface area (Å²) in [7, 11) is 1.63. The number of benzene rings is 1. The molecule has 1 rings (SSSR count). The summed E-state index contributed by atoms with van der Waals surface area (Å²) in [4.78, 5) is 11.3. The molecular formula is C15H19NO3S. The van der Waals surface area contributed by atoms with Gasteiger partial charge in [0.2, 0.25) is 0 Å². The fraction of sp³-hybridized carbons (Fsp3) is 0.400. The lowest BCUT2D eigenvalue weighted by molar-refractivity contribution is -0.139. The van der Waals surface area contributed by atoms with Crippen molar-refractivity contribution >= 4 is 17.7 Å². The highest BCUT2D eigenvalue weighted by molar-refractivity contribution is 7.99. The topological polar surface area (TPSA) is 61.5 Å². The van der Waals surface area contributed by atoms with Crippen molar-refractivity contribution in [3.05, 3.63) is 29.3 Å². The van der Waals surface area contributed by atoms with Gasteiger partial charge >= 0.3 is 5.97 Å². The van der Waals surface area contributed by atoms with E-state index in [0.29, 0.717) is 24.7 Å². The Morgan fingerprint density at radius 1 is 1.45 bits per heavy atom. The highest BCUT2D eigenvalue weighted by Crippen LogP contribution is 2.24. The summed E-state index contributed by atoms with van der Waals surface area (Å²) in [6, 6.07) is 5.72. The van der Waals surface area contributed by atoms with E-state index in [0.717, 1.165) is 16.9 Å². The molecule has 0 saturated carbocycles. The smallest absolute Gasteiger partial charge is 0.315 e. The average Bonchev–Trinajstić information content (AvgIpc) is 2.45. The van der Waals surface area contributed by atoms with Crippen molar-refractivity contribution in [3.8, 4) is 17.6 Å². The van der Waals surface area contributed by atoms with E-state index in [4.69, 9.17) is 15.2 Å². The zero-order valence-corrected chi connectivity index (χ0v) is 12.6. The summed E-state index contributed by atoms with van der Waals surface area (Å²) in [6.45, 7) is 2.54. The second-order valence-corrected chi connectivity index (χ2v) is 4.82. The molecule has 0 aliphatic rings. The maximum absolute atomic E-state index is 11.3. The van der Waals surface area contributed by atoms with Gasteiger partial charge in [-0.15, -0.1) is 11.8 Å². The maximum Gasteiger partial charge on any atom is 0.315 e. The molecule has 108 valence electrons. The lowest BCUT2D eigenvalue weighted by atomic mass is 10.1. The van der Waals surface area contributed by atoms with Gasteiger partial charge in [-0.05, 0) is 25.1 Å². The van der Waals surface area contributed by atoms with Crippen LogP contribution in [0.5, 0.6) is 5.75 Å². The summed E-state index contributed by atoms with van der Waals surface area (Å²) in [5, 5.41) is 0. The molecule has 0 amide bonds. The van der Waals surface area contributed by atoms with Crippen molar-refractivity contribution in [2.24, 2.45) is 5.73 Å². The molecule has 0 unspecified atom stereocenters. The second-order valence-electron chi connectivity index (χ2n) is 3.83. The van der Waals surface area contributed by atoms with Crippen LogP contribution in [0, 0.1) is 11.8 Å². The number of esters is 1. The van der Waals surface area contributed by atoms with Gasteiger partial charge in [0.1, 0.15) is 5.75 Å². The van der Waals surface area contributed by atoms with Crippen LogP contribution in [0.3, 0.4) is 0 Å². The predicted octanol–water partition coefficient (Wildman–Crippen LogP) is 1.80. The van der Waals surface area contributed by atoms with Crippen LogP contribution < -0.4 is 10.5 Å². The summed E-state index contributed by atoms with van der Waals surface area (Å²) < 4.78 is 10.2. The SMILES string of the molecule is CCOC(=O)CSCc1cc(C#CCN)ccc1OC. The monoisotopic (exact) mass is 293 g/mol. The molecule has 0 saturated heterocycles. The Morgan fingerprint density at radius 3 is 2.90 bits per heavy atom. The molecule has 1 aromatic carbocycles. The second kappa shape index (κ2) is 9.29. The average molecular weight is 293 g/mol. The van der Waals surface area contributed by atoms with Crippen LogP contribution in [0.4, 0.5) is 0 Å². The zero-order chi connectivity index (χ0) is 14.8. The third-order valence-electron chi connectivity index (χ3n) is 2.40. The molecule has 0 atom stereocenters. The molecule has 0 aliphatic carbocycles. The molecule has 0 spiro atoms. The van der Waals surface area contributed by atoms with Crippen LogP contribution in [0.2, 0.25) is 0 Å². The summed E-state index contributed by atoms with van der Waals surface area (Å²) in [6.07, 6.45) is 0. The van der Waals surface area contributed by atoms with Crippen LogP contribution in [0.1, 0.15) is 18.1 Å². The normalized spacial score (nSPS) is 9.55. The van der Waals surface area contributed by atoms with E-state index in [1.807, 2.05) is 18.2 Å². The van der Waals surface area contributed by atoms with Gasteiger partial charge in [0, 0.05) is 16.9 Å². The van der Waals surface area contributed by atoms with E-state index in [1.165, 1.54) is 11.8 Å². The first kappa shape index (κ1) is 16.4. The number of carbonyl (C=O) groups is 1. The van der Waals surface area contributed by atoms with Gasteiger partial charge in [0.15, 0.2) is 0 Å². The van der Waals surface area contributed by atoms with Gasteiger partial charge in [0.05, 0.1) is 26.0 Å². The molecule has 2 N–H and O–H groups in total. The van der Waals surface area contributed by atoms with E-state index in [9.17, 15) is 4.79 Å². The van der Waals surface area contributed by atoms with Crippen LogP contribution >= 0.6 is 11.8 Å². The van der Waals surface area contributed by atoms with Gasteiger partial charge in [-0.3, -0.25) is 4.79 Å². The van der Waals surface area contributed by atoms with E-state index in [1.54, 1.807) is 14.0 Å². The summed E-state index contributed by atoms with van der Waals surface area (Å²) in [5.74, 6) is 7.39. The van der Waals surface area contributed by atoms with Crippen LogP contribution in [-0.4, -0.2) is 32.0 Å². The van der Waals surface area contributed by atoms with Crippen molar-refractivity contribution in [1.82, 2.24) is 0 Å². The molecule has 0 bridgehead atoms. The van der Waals surface area contributed by atoms with Gasteiger partial charge in [0.25, 0.3) is 0 Å². The van der Waals surface area contributed by atoms with E-state index in [-0.39, 0.29) is 5.97 Å². The van der Waals surface area contributed by atoms with Crippen LogP contribution in [-0.2, 0) is 15.3 Å². The van der Waals surface area contributed by atoms with E-state index >= 15 is 0 Å². The molecule has 0 aliphatic heterocycles. The number of hydrogen-bond donors (Lipinski definition) is 1. The predicted molar refractivity (Wildman–Crippen MR) is 81.7 cm³/mol. The molecule has 20 heavy (non-hydrogen) atoms. The first-order chi connectivity index (χ1) is 9.71. The van der Waals surface area contributed by atoms with Gasteiger partial charge < -0.3 is 15.2 Å². The van der Waals surface area contributed by atoms with Gasteiger partial charge in [-0.25, -0.2) is 0 Å². The number of rotatable bonds is 6. The first-order valence-electron chi connectivity index (χ1n) is 6.30. The van der Waals surface area contributed by atoms with Gasteiger partial charge in [-0.1, -0.05) is 11.8 Å².